The predicted molar refractivity (Wildman–Crippen MR) is 109 cm³/mol. The summed E-state index contributed by atoms with van der Waals surface area (Å²) in [4.78, 5) is 25.9. The molecule has 0 aliphatic carbocycles. The number of amides is 1. The Hall–Kier alpha value is -2.30. The standard InChI is InChI=1S/C22H33NO4/c1-4-7-8-16-23(17-15-22(25)26-6-3)21(24)14-11-19-9-12-20(13-10-19)27-18-5-2/h9-14H,4-8,15-18H2,1-3H3/b14-11+. The van der Waals surface area contributed by atoms with Gasteiger partial charge in [-0.3, -0.25) is 9.59 Å². The monoisotopic (exact) mass is 375 g/mol. The molecule has 150 valence electrons. The highest BCUT2D eigenvalue weighted by molar-refractivity contribution is 5.92. The van der Waals surface area contributed by atoms with Gasteiger partial charge < -0.3 is 14.4 Å². The molecule has 1 aromatic rings. The lowest BCUT2D eigenvalue weighted by Gasteiger charge is -2.20. The minimum atomic E-state index is -0.266. The Bertz CT molecular complexity index is 580. The number of hydrogen-bond acceptors (Lipinski definition) is 4. The molecule has 0 radical (unpaired) electrons. The van der Waals surface area contributed by atoms with Crippen molar-refractivity contribution in [2.45, 2.75) is 52.9 Å². The highest BCUT2D eigenvalue weighted by atomic mass is 16.5. The number of rotatable bonds is 13. The van der Waals surface area contributed by atoms with Crippen LogP contribution in [0.2, 0.25) is 0 Å². The van der Waals surface area contributed by atoms with Gasteiger partial charge in [-0.1, -0.05) is 38.8 Å². The molecule has 1 amide bonds. The molecule has 0 bridgehead atoms. The van der Waals surface area contributed by atoms with Crippen molar-refractivity contribution in [3.63, 3.8) is 0 Å². The quantitative estimate of drug-likeness (QED) is 0.290. The van der Waals surface area contributed by atoms with Crippen LogP contribution in [-0.2, 0) is 14.3 Å². The first kappa shape index (κ1) is 22.7. The van der Waals surface area contributed by atoms with Crippen LogP contribution >= 0.6 is 0 Å². The van der Waals surface area contributed by atoms with Gasteiger partial charge in [0.05, 0.1) is 19.6 Å². The van der Waals surface area contributed by atoms with Crippen LogP contribution in [0.4, 0.5) is 0 Å². The Morgan fingerprint density at radius 2 is 1.74 bits per heavy atom. The molecule has 5 heteroatoms. The van der Waals surface area contributed by atoms with E-state index in [9.17, 15) is 9.59 Å². The Balaban J connectivity index is 2.63. The van der Waals surface area contributed by atoms with Crippen LogP contribution < -0.4 is 4.74 Å². The van der Waals surface area contributed by atoms with Crippen LogP contribution in [0.15, 0.2) is 30.3 Å². The molecule has 0 N–H and O–H groups in total. The topological polar surface area (TPSA) is 55.8 Å². The molecule has 0 aliphatic heterocycles. The van der Waals surface area contributed by atoms with Crippen LogP contribution in [0.1, 0.15) is 58.4 Å². The molecule has 27 heavy (non-hydrogen) atoms. The van der Waals surface area contributed by atoms with Gasteiger partial charge in [0.25, 0.3) is 0 Å². The summed E-state index contributed by atoms with van der Waals surface area (Å²) in [6, 6.07) is 7.66. The fraction of sp³-hybridized carbons (Fsp3) is 0.545. The van der Waals surface area contributed by atoms with Gasteiger partial charge in [0.1, 0.15) is 5.75 Å². The summed E-state index contributed by atoms with van der Waals surface area (Å²) < 4.78 is 10.5. The number of esters is 1. The van der Waals surface area contributed by atoms with Gasteiger partial charge in [-0.15, -0.1) is 0 Å². The van der Waals surface area contributed by atoms with E-state index in [2.05, 4.69) is 13.8 Å². The second kappa shape index (κ2) is 13.8. The molecule has 0 saturated carbocycles. The highest BCUT2D eigenvalue weighted by Crippen LogP contribution is 2.14. The first-order valence-electron chi connectivity index (χ1n) is 9.96. The minimum absolute atomic E-state index is 0.0817. The summed E-state index contributed by atoms with van der Waals surface area (Å²) in [5, 5.41) is 0. The maximum Gasteiger partial charge on any atom is 0.307 e. The Morgan fingerprint density at radius 1 is 1.00 bits per heavy atom. The zero-order valence-corrected chi connectivity index (χ0v) is 16.9. The number of carbonyl (C=O) groups excluding carboxylic acids is 2. The maximum atomic E-state index is 12.6. The number of benzene rings is 1. The third-order valence-electron chi connectivity index (χ3n) is 4.01. The third-order valence-corrected chi connectivity index (χ3v) is 4.01. The summed E-state index contributed by atoms with van der Waals surface area (Å²) in [6.45, 7) is 8.07. The van der Waals surface area contributed by atoms with Gasteiger partial charge in [0.2, 0.25) is 5.91 Å². The maximum absolute atomic E-state index is 12.6. The summed E-state index contributed by atoms with van der Waals surface area (Å²) in [6.07, 6.45) is 7.64. The van der Waals surface area contributed by atoms with E-state index in [-0.39, 0.29) is 18.3 Å². The van der Waals surface area contributed by atoms with E-state index in [0.717, 1.165) is 37.0 Å². The zero-order valence-electron chi connectivity index (χ0n) is 16.9. The molecule has 0 aromatic heterocycles. The second-order valence-electron chi connectivity index (χ2n) is 6.34. The van der Waals surface area contributed by atoms with Crippen LogP contribution in [0.5, 0.6) is 5.75 Å². The molecular formula is C22H33NO4. The number of ether oxygens (including phenoxy) is 2. The zero-order chi connectivity index (χ0) is 19.9. The van der Waals surface area contributed by atoms with Gasteiger partial charge in [-0.25, -0.2) is 0 Å². The molecular weight excluding hydrogens is 342 g/mol. The van der Waals surface area contributed by atoms with Crippen molar-refractivity contribution >= 4 is 18.0 Å². The van der Waals surface area contributed by atoms with Crippen molar-refractivity contribution in [3.05, 3.63) is 35.9 Å². The van der Waals surface area contributed by atoms with E-state index in [0.29, 0.717) is 26.3 Å². The average Bonchev–Trinajstić information content (AvgIpc) is 2.68. The first-order valence-corrected chi connectivity index (χ1v) is 9.96. The Labute approximate surface area is 163 Å². The van der Waals surface area contributed by atoms with Crippen LogP contribution in [0.25, 0.3) is 6.08 Å². The summed E-state index contributed by atoms with van der Waals surface area (Å²) >= 11 is 0. The van der Waals surface area contributed by atoms with Crippen molar-refractivity contribution in [2.75, 3.05) is 26.3 Å². The normalized spacial score (nSPS) is 10.8. The Kier molecular flexibility index (Phi) is 11.7. The van der Waals surface area contributed by atoms with Crippen molar-refractivity contribution in [3.8, 4) is 5.75 Å². The third kappa shape index (κ3) is 9.83. The molecule has 1 rings (SSSR count). The molecule has 0 atom stereocenters. The van der Waals surface area contributed by atoms with E-state index < -0.39 is 0 Å². The number of unbranched alkanes of at least 4 members (excludes halogenated alkanes) is 2. The van der Waals surface area contributed by atoms with E-state index in [1.165, 1.54) is 0 Å². The van der Waals surface area contributed by atoms with E-state index in [1.54, 1.807) is 24.0 Å². The van der Waals surface area contributed by atoms with Gasteiger partial charge in [-0.05, 0) is 43.5 Å². The van der Waals surface area contributed by atoms with Gasteiger partial charge in [0.15, 0.2) is 0 Å². The van der Waals surface area contributed by atoms with Gasteiger partial charge >= 0.3 is 5.97 Å². The average molecular weight is 376 g/mol. The fourth-order valence-corrected chi connectivity index (χ4v) is 2.51. The Morgan fingerprint density at radius 3 is 2.37 bits per heavy atom. The molecule has 0 aliphatic rings. The van der Waals surface area contributed by atoms with Crippen LogP contribution in [0, 0.1) is 0 Å². The van der Waals surface area contributed by atoms with E-state index in [1.807, 2.05) is 24.3 Å². The van der Waals surface area contributed by atoms with Crippen molar-refractivity contribution < 1.29 is 19.1 Å². The largest absolute Gasteiger partial charge is 0.494 e. The lowest BCUT2D eigenvalue weighted by Crippen LogP contribution is -2.33. The van der Waals surface area contributed by atoms with Gasteiger partial charge in [-0.2, -0.15) is 0 Å². The predicted octanol–water partition coefficient (Wildman–Crippen LogP) is 4.46. The lowest BCUT2D eigenvalue weighted by molar-refractivity contribution is -0.143. The molecule has 0 fully saturated rings. The van der Waals surface area contributed by atoms with Gasteiger partial charge in [0, 0.05) is 19.2 Å². The van der Waals surface area contributed by atoms with Crippen molar-refractivity contribution in [1.82, 2.24) is 4.90 Å². The fourth-order valence-electron chi connectivity index (χ4n) is 2.51. The number of nitrogens with zero attached hydrogens (tertiary/aromatic N) is 1. The van der Waals surface area contributed by atoms with E-state index in [4.69, 9.17) is 9.47 Å². The molecule has 0 unspecified atom stereocenters. The molecule has 5 nitrogen and oxygen atoms in total. The van der Waals surface area contributed by atoms with Crippen molar-refractivity contribution in [2.24, 2.45) is 0 Å². The SMILES string of the molecule is CCCCCN(CCC(=O)OCC)C(=O)/C=C/c1ccc(OCCC)cc1. The van der Waals surface area contributed by atoms with E-state index >= 15 is 0 Å². The number of hydrogen-bond donors (Lipinski definition) is 0. The lowest BCUT2D eigenvalue weighted by atomic mass is 10.2. The second-order valence-corrected chi connectivity index (χ2v) is 6.34. The number of carbonyl (C=O) groups is 2. The molecule has 0 saturated heterocycles. The summed E-state index contributed by atoms with van der Waals surface area (Å²) in [5.41, 5.74) is 0.936. The summed E-state index contributed by atoms with van der Waals surface area (Å²) in [5.74, 6) is 0.482. The highest BCUT2D eigenvalue weighted by Gasteiger charge is 2.13. The summed E-state index contributed by atoms with van der Waals surface area (Å²) in [7, 11) is 0. The smallest absolute Gasteiger partial charge is 0.307 e. The van der Waals surface area contributed by atoms with Crippen LogP contribution in [-0.4, -0.2) is 43.1 Å². The molecule has 1 aromatic carbocycles. The van der Waals surface area contributed by atoms with Crippen LogP contribution in [0.3, 0.4) is 0 Å². The minimum Gasteiger partial charge on any atom is -0.494 e. The molecule has 0 spiro atoms. The molecule has 0 heterocycles. The first-order chi connectivity index (χ1) is 13.1. The van der Waals surface area contributed by atoms with Crippen molar-refractivity contribution in [1.29, 1.82) is 0 Å².